The van der Waals surface area contributed by atoms with Crippen LogP contribution in [0, 0.1) is 6.92 Å². The monoisotopic (exact) mass is 402 g/mol. The van der Waals surface area contributed by atoms with Crippen molar-refractivity contribution in [3.63, 3.8) is 0 Å². The highest BCUT2D eigenvalue weighted by atomic mass is 35.5. The Morgan fingerprint density at radius 3 is 2.75 bits per heavy atom. The average molecular weight is 403 g/mol. The zero-order chi connectivity index (χ0) is 20.3. The van der Waals surface area contributed by atoms with Crippen molar-refractivity contribution in [2.24, 2.45) is 7.05 Å². The second-order valence-electron chi connectivity index (χ2n) is 6.06. The first-order valence-corrected chi connectivity index (χ1v) is 8.80. The molecule has 0 saturated carbocycles. The summed E-state index contributed by atoms with van der Waals surface area (Å²) in [4.78, 5) is 24.3. The first-order valence-electron chi connectivity index (χ1n) is 8.42. The van der Waals surface area contributed by atoms with Crippen LogP contribution in [-0.4, -0.2) is 28.6 Å². The molecule has 0 saturated heterocycles. The molecule has 0 spiro atoms. The lowest BCUT2D eigenvalue weighted by atomic mass is 10.2. The van der Waals surface area contributed by atoms with E-state index in [4.69, 9.17) is 20.8 Å². The molecule has 3 aromatic rings. The molecule has 0 unspecified atom stereocenters. The highest BCUT2D eigenvalue weighted by Crippen LogP contribution is 2.23. The average Bonchev–Trinajstić information content (AvgIpc) is 3.27. The van der Waals surface area contributed by atoms with Crippen LogP contribution in [0.3, 0.4) is 0 Å². The van der Waals surface area contributed by atoms with E-state index in [0.717, 1.165) is 5.56 Å². The van der Waals surface area contributed by atoms with E-state index in [1.165, 1.54) is 11.7 Å². The first kappa shape index (κ1) is 19.5. The normalized spacial score (nSPS) is 10.6. The molecule has 3 rings (SSSR count). The molecule has 2 N–H and O–H groups in total. The molecule has 0 fully saturated rings. The fourth-order valence-electron chi connectivity index (χ4n) is 2.55. The number of aryl methyl sites for hydroxylation is 2. The zero-order valence-corrected chi connectivity index (χ0v) is 16.3. The second kappa shape index (κ2) is 8.18. The van der Waals surface area contributed by atoms with Gasteiger partial charge in [0.15, 0.2) is 11.5 Å². The molecule has 28 heavy (non-hydrogen) atoms. The van der Waals surface area contributed by atoms with Crippen molar-refractivity contribution in [2.45, 2.75) is 13.5 Å². The molecular weight excluding hydrogens is 384 g/mol. The van der Waals surface area contributed by atoms with Crippen LogP contribution in [-0.2, 0) is 13.7 Å². The van der Waals surface area contributed by atoms with Crippen LogP contribution in [0.15, 0.2) is 40.9 Å². The maximum absolute atomic E-state index is 12.4. The van der Waals surface area contributed by atoms with E-state index in [0.29, 0.717) is 16.5 Å². The largest absolute Gasteiger partial charge is 0.485 e. The molecule has 0 aliphatic heterocycles. The Balaban J connectivity index is 1.67. The number of rotatable bonds is 6. The Labute approximate surface area is 166 Å². The standard InChI is InChI=1S/C19H19ClN4O4/c1-11-8-12(20)4-6-15(11)27-10-13-5-7-16(28-13)18(25)22-14-9-24(3)23-17(14)19(26)21-2/h4-9H,10H2,1-3H3,(H,21,26)(H,22,25). The lowest BCUT2D eigenvalue weighted by Crippen LogP contribution is -2.21. The number of amides is 2. The quantitative estimate of drug-likeness (QED) is 0.659. The Kier molecular flexibility index (Phi) is 5.70. The topological polar surface area (TPSA) is 98.4 Å². The summed E-state index contributed by atoms with van der Waals surface area (Å²) in [5, 5.41) is 9.78. The molecule has 2 amide bonds. The minimum absolute atomic E-state index is 0.0955. The summed E-state index contributed by atoms with van der Waals surface area (Å²) in [6.45, 7) is 2.05. The summed E-state index contributed by atoms with van der Waals surface area (Å²) >= 11 is 5.93. The number of aromatic nitrogens is 2. The van der Waals surface area contributed by atoms with Crippen molar-refractivity contribution in [1.29, 1.82) is 0 Å². The number of nitrogens with one attached hydrogen (secondary N) is 2. The van der Waals surface area contributed by atoms with Crippen LogP contribution < -0.4 is 15.4 Å². The second-order valence-corrected chi connectivity index (χ2v) is 6.50. The Morgan fingerprint density at radius 2 is 2.04 bits per heavy atom. The number of furan rings is 1. The van der Waals surface area contributed by atoms with Gasteiger partial charge in [0.25, 0.3) is 11.8 Å². The predicted octanol–water partition coefficient (Wildman–Crippen LogP) is 3.17. The van der Waals surface area contributed by atoms with Gasteiger partial charge in [-0.1, -0.05) is 11.6 Å². The van der Waals surface area contributed by atoms with Gasteiger partial charge in [-0.3, -0.25) is 14.3 Å². The lowest BCUT2D eigenvalue weighted by molar-refractivity contribution is 0.0958. The van der Waals surface area contributed by atoms with Crippen LogP contribution in [0.2, 0.25) is 5.02 Å². The van der Waals surface area contributed by atoms with Crippen molar-refractivity contribution in [1.82, 2.24) is 15.1 Å². The molecule has 9 heteroatoms. The maximum Gasteiger partial charge on any atom is 0.291 e. The maximum atomic E-state index is 12.4. The molecular formula is C19H19ClN4O4. The van der Waals surface area contributed by atoms with Gasteiger partial charge in [0.05, 0.1) is 5.69 Å². The summed E-state index contributed by atoms with van der Waals surface area (Å²) in [5.41, 5.74) is 1.31. The van der Waals surface area contributed by atoms with Crippen LogP contribution >= 0.6 is 11.6 Å². The van der Waals surface area contributed by atoms with Gasteiger partial charge in [-0.05, 0) is 42.8 Å². The van der Waals surface area contributed by atoms with E-state index in [9.17, 15) is 9.59 Å². The van der Waals surface area contributed by atoms with Crippen molar-refractivity contribution >= 4 is 29.1 Å². The number of hydrogen-bond donors (Lipinski definition) is 2. The molecule has 0 aliphatic rings. The van der Waals surface area contributed by atoms with Crippen LogP contribution in [0.1, 0.15) is 32.4 Å². The number of carbonyl (C=O) groups is 2. The first-order chi connectivity index (χ1) is 13.4. The van der Waals surface area contributed by atoms with Crippen molar-refractivity contribution in [2.75, 3.05) is 12.4 Å². The van der Waals surface area contributed by atoms with Gasteiger partial charge in [0.1, 0.15) is 18.1 Å². The van der Waals surface area contributed by atoms with E-state index in [1.54, 1.807) is 43.6 Å². The van der Waals surface area contributed by atoms with Gasteiger partial charge in [-0.2, -0.15) is 5.10 Å². The molecule has 1 aromatic carbocycles. The molecule has 146 valence electrons. The number of ether oxygens (including phenoxy) is 1. The summed E-state index contributed by atoms with van der Waals surface area (Å²) in [6, 6.07) is 8.51. The molecule has 2 aromatic heterocycles. The molecule has 2 heterocycles. The number of hydrogen-bond acceptors (Lipinski definition) is 5. The van der Waals surface area contributed by atoms with Crippen molar-refractivity contribution in [3.8, 4) is 5.75 Å². The lowest BCUT2D eigenvalue weighted by Gasteiger charge is -2.07. The van der Waals surface area contributed by atoms with E-state index in [-0.39, 0.29) is 23.7 Å². The van der Waals surface area contributed by atoms with Crippen molar-refractivity contribution < 1.29 is 18.7 Å². The minimum Gasteiger partial charge on any atom is -0.485 e. The fraction of sp³-hybridized carbons (Fsp3) is 0.211. The SMILES string of the molecule is CNC(=O)c1nn(C)cc1NC(=O)c1ccc(COc2ccc(Cl)cc2C)o1. The van der Waals surface area contributed by atoms with Gasteiger partial charge in [0.2, 0.25) is 0 Å². The van der Waals surface area contributed by atoms with E-state index >= 15 is 0 Å². The van der Waals surface area contributed by atoms with E-state index in [2.05, 4.69) is 15.7 Å². The van der Waals surface area contributed by atoms with Crippen molar-refractivity contribution in [3.05, 3.63) is 64.3 Å². The zero-order valence-electron chi connectivity index (χ0n) is 15.6. The summed E-state index contributed by atoms with van der Waals surface area (Å²) in [5.74, 6) is 0.363. The third kappa shape index (κ3) is 4.34. The van der Waals surface area contributed by atoms with Gasteiger partial charge < -0.3 is 19.8 Å². The number of nitrogens with zero attached hydrogens (tertiary/aromatic N) is 2. The number of carbonyl (C=O) groups excluding carboxylic acids is 2. The number of anilines is 1. The Morgan fingerprint density at radius 1 is 1.25 bits per heavy atom. The van der Waals surface area contributed by atoms with E-state index < -0.39 is 11.8 Å². The van der Waals surface area contributed by atoms with Gasteiger partial charge in [-0.15, -0.1) is 0 Å². The van der Waals surface area contributed by atoms with E-state index in [1.807, 2.05) is 6.92 Å². The molecule has 0 radical (unpaired) electrons. The number of benzene rings is 1. The van der Waals surface area contributed by atoms with Gasteiger partial charge in [-0.25, -0.2) is 0 Å². The Bertz CT molecular complexity index is 1020. The molecule has 0 atom stereocenters. The van der Waals surface area contributed by atoms with Gasteiger partial charge in [0, 0.05) is 25.3 Å². The minimum atomic E-state index is -0.493. The molecule has 0 bridgehead atoms. The fourth-order valence-corrected chi connectivity index (χ4v) is 2.78. The highest BCUT2D eigenvalue weighted by molar-refractivity contribution is 6.30. The third-order valence-corrected chi connectivity index (χ3v) is 4.15. The van der Waals surface area contributed by atoms with Crippen LogP contribution in [0.4, 0.5) is 5.69 Å². The summed E-state index contributed by atoms with van der Waals surface area (Å²) in [6.07, 6.45) is 1.54. The molecule has 0 aliphatic carbocycles. The Hall–Kier alpha value is -3.26. The highest BCUT2D eigenvalue weighted by Gasteiger charge is 2.19. The third-order valence-electron chi connectivity index (χ3n) is 3.91. The number of halogens is 1. The summed E-state index contributed by atoms with van der Waals surface area (Å²) in [7, 11) is 3.15. The van der Waals surface area contributed by atoms with Crippen LogP contribution in [0.5, 0.6) is 5.75 Å². The summed E-state index contributed by atoms with van der Waals surface area (Å²) < 4.78 is 12.7. The van der Waals surface area contributed by atoms with Gasteiger partial charge >= 0.3 is 0 Å². The van der Waals surface area contributed by atoms with Crippen LogP contribution in [0.25, 0.3) is 0 Å². The smallest absolute Gasteiger partial charge is 0.291 e. The predicted molar refractivity (Wildman–Crippen MR) is 104 cm³/mol. The molecule has 8 nitrogen and oxygen atoms in total.